The van der Waals surface area contributed by atoms with E-state index in [0.29, 0.717) is 11.8 Å². The van der Waals surface area contributed by atoms with Gasteiger partial charge in [-0.25, -0.2) is 4.98 Å². The van der Waals surface area contributed by atoms with E-state index in [4.69, 9.17) is 4.74 Å². The van der Waals surface area contributed by atoms with Gasteiger partial charge in [0.05, 0.1) is 0 Å². The molecule has 2 aliphatic rings. The number of carbonyl (C=O) groups excluding carboxylic acids is 1. The van der Waals surface area contributed by atoms with Crippen LogP contribution in [0.1, 0.15) is 43.1 Å². The number of hydrogen-bond acceptors (Lipinski definition) is 5. The van der Waals surface area contributed by atoms with Gasteiger partial charge < -0.3 is 14.5 Å². The minimum atomic E-state index is 0.198. The van der Waals surface area contributed by atoms with Crippen LogP contribution in [0.5, 0.6) is 11.6 Å². The Hall–Kier alpha value is -2.47. The Morgan fingerprint density at radius 1 is 1.00 bits per heavy atom. The zero-order valence-corrected chi connectivity index (χ0v) is 17.4. The number of benzene rings is 1. The summed E-state index contributed by atoms with van der Waals surface area (Å²) in [4.78, 5) is 26.6. The van der Waals surface area contributed by atoms with Crippen molar-refractivity contribution >= 4 is 5.91 Å². The van der Waals surface area contributed by atoms with Gasteiger partial charge in [0.2, 0.25) is 11.8 Å². The molecular weight excluding hydrogens is 364 g/mol. The molecule has 0 radical (unpaired) electrons. The van der Waals surface area contributed by atoms with Gasteiger partial charge in [0.15, 0.2) is 0 Å². The Morgan fingerprint density at radius 3 is 2.38 bits per heavy atom. The maximum absolute atomic E-state index is 12.9. The van der Waals surface area contributed by atoms with Crippen molar-refractivity contribution in [2.24, 2.45) is 5.92 Å². The molecular formula is C23H30N4O2. The second kappa shape index (κ2) is 8.91. The average molecular weight is 395 g/mol. The highest BCUT2D eigenvalue weighted by molar-refractivity contribution is 5.79. The molecule has 0 bridgehead atoms. The number of ether oxygens (including phenoxy) is 1. The number of hydrogen-bond donors (Lipinski definition) is 0. The van der Waals surface area contributed by atoms with Crippen LogP contribution in [0.25, 0.3) is 0 Å². The molecule has 2 saturated heterocycles. The minimum Gasteiger partial charge on any atom is -0.439 e. The van der Waals surface area contributed by atoms with Crippen molar-refractivity contribution in [2.45, 2.75) is 38.5 Å². The zero-order valence-electron chi connectivity index (χ0n) is 17.4. The highest BCUT2D eigenvalue weighted by atomic mass is 16.5. The number of carbonyl (C=O) groups is 1. The van der Waals surface area contributed by atoms with Crippen LogP contribution in [-0.4, -0.2) is 58.9 Å². The monoisotopic (exact) mass is 394 g/mol. The fourth-order valence-corrected chi connectivity index (χ4v) is 4.28. The molecule has 3 heterocycles. The predicted molar refractivity (Wildman–Crippen MR) is 112 cm³/mol. The molecule has 6 nitrogen and oxygen atoms in total. The lowest BCUT2D eigenvalue weighted by atomic mass is 9.92. The molecule has 4 rings (SSSR count). The van der Waals surface area contributed by atoms with Crippen molar-refractivity contribution < 1.29 is 9.53 Å². The van der Waals surface area contributed by atoms with E-state index < -0.39 is 0 Å². The highest BCUT2D eigenvalue weighted by Gasteiger charge is 2.31. The maximum atomic E-state index is 12.9. The lowest BCUT2D eigenvalue weighted by Gasteiger charge is -2.36. The third-order valence-electron chi connectivity index (χ3n) is 6.05. The number of rotatable bonds is 4. The van der Waals surface area contributed by atoms with Crippen LogP contribution in [0.2, 0.25) is 0 Å². The third kappa shape index (κ3) is 4.93. The van der Waals surface area contributed by atoms with Crippen molar-refractivity contribution in [1.82, 2.24) is 19.8 Å². The van der Waals surface area contributed by atoms with Gasteiger partial charge in [0, 0.05) is 36.7 Å². The van der Waals surface area contributed by atoms with Gasteiger partial charge in [-0.15, -0.1) is 0 Å². The van der Waals surface area contributed by atoms with E-state index in [-0.39, 0.29) is 11.8 Å². The molecule has 2 aliphatic heterocycles. The van der Waals surface area contributed by atoms with Gasteiger partial charge in [-0.05, 0) is 64.9 Å². The second-order valence-corrected chi connectivity index (χ2v) is 8.30. The second-order valence-electron chi connectivity index (χ2n) is 8.30. The van der Waals surface area contributed by atoms with Crippen LogP contribution in [0.4, 0.5) is 0 Å². The lowest BCUT2D eigenvalue weighted by molar-refractivity contribution is -0.138. The number of amides is 1. The van der Waals surface area contributed by atoms with Gasteiger partial charge >= 0.3 is 0 Å². The quantitative estimate of drug-likeness (QED) is 0.793. The van der Waals surface area contributed by atoms with Gasteiger partial charge in [-0.2, -0.15) is 4.98 Å². The SMILES string of the molecule is Cc1cc(Oc2ccccc2)nc(C2CCN(C(=O)C3CCN(C)CC3)CC2)n1. The number of aromatic nitrogens is 2. The summed E-state index contributed by atoms with van der Waals surface area (Å²) in [7, 11) is 2.13. The van der Waals surface area contributed by atoms with Crippen molar-refractivity contribution in [1.29, 1.82) is 0 Å². The standard InChI is InChI=1S/C23H30N4O2/c1-17-16-21(29-20-6-4-3-5-7-20)25-22(24-17)18-10-14-27(15-11-18)23(28)19-8-12-26(2)13-9-19/h3-7,16,18-19H,8-15H2,1-2H3. The first-order chi connectivity index (χ1) is 14.1. The summed E-state index contributed by atoms with van der Waals surface area (Å²) < 4.78 is 5.92. The zero-order chi connectivity index (χ0) is 20.2. The fraction of sp³-hybridized carbons (Fsp3) is 0.522. The van der Waals surface area contributed by atoms with Crippen LogP contribution in [0.15, 0.2) is 36.4 Å². The molecule has 0 unspecified atom stereocenters. The molecule has 0 atom stereocenters. The van der Waals surface area contributed by atoms with E-state index in [2.05, 4.69) is 26.8 Å². The molecule has 2 fully saturated rings. The molecule has 1 aromatic heterocycles. The largest absolute Gasteiger partial charge is 0.439 e. The van der Waals surface area contributed by atoms with Crippen molar-refractivity contribution in [3.63, 3.8) is 0 Å². The number of likely N-dealkylation sites (tertiary alicyclic amines) is 2. The third-order valence-corrected chi connectivity index (χ3v) is 6.05. The Bertz CT molecular complexity index is 826. The van der Waals surface area contributed by atoms with Gasteiger partial charge in [0.25, 0.3) is 0 Å². The first-order valence-electron chi connectivity index (χ1n) is 10.6. The Morgan fingerprint density at radius 2 is 1.69 bits per heavy atom. The summed E-state index contributed by atoms with van der Waals surface area (Å²) in [6.07, 6.45) is 3.78. The van der Waals surface area contributed by atoms with Crippen LogP contribution in [-0.2, 0) is 4.79 Å². The van der Waals surface area contributed by atoms with Crippen LogP contribution < -0.4 is 4.74 Å². The number of para-hydroxylation sites is 1. The molecule has 154 valence electrons. The molecule has 6 heteroatoms. The van der Waals surface area contributed by atoms with E-state index in [0.717, 1.165) is 69.1 Å². The summed E-state index contributed by atoms with van der Waals surface area (Å²) in [5, 5.41) is 0. The number of nitrogens with zero attached hydrogens (tertiary/aromatic N) is 4. The average Bonchev–Trinajstić information content (AvgIpc) is 2.74. The molecule has 0 spiro atoms. The van der Waals surface area contributed by atoms with Crippen LogP contribution in [0, 0.1) is 12.8 Å². The van der Waals surface area contributed by atoms with Gasteiger partial charge in [-0.3, -0.25) is 4.79 Å². The molecule has 2 aromatic rings. The highest BCUT2D eigenvalue weighted by Crippen LogP contribution is 2.30. The van der Waals surface area contributed by atoms with E-state index in [1.807, 2.05) is 43.3 Å². The molecule has 1 aromatic carbocycles. The van der Waals surface area contributed by atoms with E-state index in [9.17, 15) is 4.79 Å². The summed E-state index contributed by atoms with van der Waals surface area (Å²) in [6, 6.07) is 11.6. The smallest absolute Gasteiger partial charge is 0.225 e. The molecule has 1 amide bonds. The van der Waals surface area contributed by atoms with Crippen LogP contribution in [0.3, 0.4) is 0 Å². The fourth-order valence-electron chi connectivity index (χ4n) is 4.28. The molecule has 29 heavy (non-hydrogen) atoms. The van der Waals surface area contributed by atoms with Crippen molar-refractivity contribution in [3.05, 3.63) is 47.9 Å². The maximum Gasteiger partial charge on any atom is 0.225 e. The van der Waals surface area contributed by atoms with E-state index in [1.54, 1.807) is 0 Å². The van der Waals surface area contributed by atoms with Gasteiger partial charge in [-0.1, -0.05) is 18.2 Å². The molecule has 0 aliphatic carbocycles. The molecule has 0 N–H and O–H groups in total. The Labute approximate surface area is 172 Å². The number of aryl methyl sites for hydroxylation is 1. The summed E-state index contributed by atoms with van der Waals surface area (Å²) in [5.41, 5.74) is 0.908. The summed E-state index contributed by atoms with van der Waals surface area (Å²) in [5.74, 6) is 3.01. The normalized spacial score (nSPS) is 19.3. The topological polar surface area (TPSA) is 58.6 Å². The first-order valence-corrected chi connectivity index (χ1v) is 10.6. The molecule has 0 saturated carbocycles. The number of piperidine rings is 2. The van der Waals surface area contributed by atoms with Crippen molar-refractivity contribution in [3.8, 4) is 11.6 Å². The predicted octanol–water partition coefficient (Wildman–Crippen LogP) is 3.63. The summed E-state index contributed by atoms with van der Waals surface area (Å²) in [6.45, 7) is 5.61. The Kier molecular flexibility index (Phi) is 6.09. The Balaban J connectivity index is 1.37. The van der Waals surface area contributed by atoms with Crippen LogP contribution >= 0.6 is 0 Å². The minimum absolute atomic E-state index is 0.198. The van der Waals surface area contributed by atoms with Crippen molar-refractivity contribution in [2.75, 3.05) is 33.2 Å². The first kappa shape index (κ1) is 19.8. The summed E-state index contributed by atoms with van der Waals surface area (Å²) >= 11 is 0. The van der Waals surface area contributed by atoms with Gasteiger partial charge in [0.1, 0.15) is 11.6 Å². The van der Waals surface area contributed by atoms with E-state index in [1.165, 1.54) is 0 Å². The lowest BCUT2D eigenvalue weighted by Crippen LogP contribution is -2.44. The van der Waals surface area contributed by atoms with E-state index >= 15 is 0 Å².